The first-order chi connectivity index (χ1) is 8.26. The highest BCUT2D eigenvalue weighted by atomic mass is 35.5. The summed E-state index contributed by atoms with van der Waals surface area (Å²) in [6.45, 7) is 5.42. The summed E-state index contributed by atoms with van der Waals surface area (Å²) < 4.78 is 0. The molecule has 1 heterocycles. The van der Waals surface area contributed by atoms with Crippen LogP contribution in [0.4, 0.5) is 5.69 Å². The van der Waals surface area contributed by atoms with Crippen molar-refractivity contribution in [2.45, 2.75) is 26.3 Å². The Labute approximate surface area is 117 Å². The van der Waals surface area contributed by atoms with Gasteiger partial charge in [0.2, 0.25) is 0 Å². The number of halogens is 1. The Balaban J connectivity index is 0.00000324. The Kier molecular flexibility index (Phi) is 5.85. The van der Waals surface area contributed by atoms with Crippen molar-refractivity contribution in [3.8, 4) is 0 Å². The molecule has 7 nitrogen and oxygen atoms in total. The number of aryl methyl sites for hydroxylation is 1. The van der Waals surface area contributed by atoms with Gasteiger partial charge in [0, 0.05) is 18.2 Å². The number of carbonyl (C=O) groups is 1. The smallest absolute Gasteiger partial charge is 0.288 e. The van der Waals surface area contributed by atoms with Crippen molar-refractivity contribution >= 4 is 24.0 Å². The second-order valence-corrected chi connectivity index (χ2v) is 4.63. The van der Waals surface area contributed by atoms with Crippen LogP contribution in [0.2, 0.25) is 0 Å². The molecule has 3 N–H and O–H groups in total. The van der Waals surface area contributed by atoms with Crippen molar-refractivity contribution < 1.29 is 9.72 Å². The van der Waals surface area contributed by atoms with Gasteiger partial charge in [-0.1, -0.05) is 0 Å². The number of aromatic nitrogens is 1. The standard InChI is InChI=1S/C11H16N4O3.ClH/c1-7-9(4-8(5-13-7)15(17)18)10(16)14-11(2,3)6-12;/h4-5H,6,12H2,1-3H3,(H,14,16);1H. The van der Waals surface area contributed by atoms with E-state index < -0.39 is 16.4 Å². The number of nitro groups is 1. The first-order valence-corrected chi connectivity index (χ1v) is 5.40. The molecule has 19 heavy (non-hydrogen) atoms. The zero-order valence-corrected chi connectivity index (χ0v) is 11.8. The van der Waals surface area contributed by atoms with Gasteiger partial charge < -0.3 is 11.1 Å². The zero-order valence-electron chi connectivity index (χ0n) is 11.0. The average molecular weight is 289 g/mol. The van der Waals surface area contributed by atoms with Crippen LogP contribution in [0.3, 0.4) is 0 Å². The SMILES string of the molecule is Cc1ncc([N+](=O)[O-])cc1C(=O)NC(C)(C)CN.Cl. The van der Waals surface area contributed by atoms with E-state index in [9.17, 15) is 14.9 Å². The Morgan fingerprint density at radius 1 is 1.58 bits per heavy atom. The Morgan fingerprint density at radius 3 is 2.63 bits per heavy atom. The summed E-state index contributed by atoms with van der Waals surface area (Å²) in [5.74, 6) is -0.417. The lowest BCUT2D eigenvalue weighted by molar-refractivity contribution is -0.385. The van der Waals surface area contributed by atoms with E-state index >= 15 is 0 Å². The summed E-state index contributed by atoms with van der Waals surface area (Å²) in [7, 11) is 0. The van der Waals surface area contributed by atoms with Gasteiger partial charge in [-0.15, -0.1) is 12.4 Å². The fourth-order valence-electron chi connectivity index (χ4n) is 1.28. The molecule has 0 spiro atoms. The first kappa shape index (κ1) is 17.3. The van der Waals surface area contributed by atoms with Gasteiger partial charge in [0.1, 0.15) is 6.20 Å². The van der Waals surface area contributed by atoms with Crippen LogP contribution in [0.25, 0.3) is 0 Å². The molecule has 0 fully saturated rings. The molecule has 0 saturated carbocycles. The largest absolute Gasteiger partial charge is 0.346 e. The van der Waals surface area contributed by atoms with Gasteiger partial charge in [0.05, 0.1) is 16.2 Å². The van der Waals surface area contributed by atoms with Crippen LogP contribution in [0, 0.1) is 17.0 Å². The lowest BCUT2D eigenvalue weighted by Crippen LogP contribution is -2.49. The number of nitrogens with zero attached hydrogens (tertiary/aromatic N) is 2. The minimum absolute atomic E-state index is 0. The molecular weight excluding hydrogens is 272 g/mol. The molecule has 1 aromatic rings. The molecule has 0 radical (unpaired) electrons. The number of nitrogens with two attached hydrogens (primary N) is 1. The van der Waals surface area contributed by atoms with Crippen molar-refractivity contribution in [1.82, 2.24) is 10.3 Å². The van der Waals surface area contributed by atoms with E-state index in [1.54, 1.807) is 20.8 Å². The Hall–Kier alpha value is -1.73. The van der Waals surface area contributed by atoms with Gasteiger partial charge in [-0.2, -0.15) is 0 Å². The van der Waals surface area contributed by atoms with E-state index in [1.807, 2.05) is 0 Å². The molecule has 0 bridgehead atoms. The van der Waals surface area contributed by atoms with Gasteiger partial charge in [0.15, 0.2) is 0 Å². The molecule has 1 amide bonds. The molecule has 1 rings (SSSR count). The van der Waals surface area contributed by atoms with Gasteiger partial charge in [-0.05, 0) is 20.8 Å². The molecule has 0 aliphatic heterocycles. The summed E-state index contributed by atoms with van der Waals surface area (Å²) in [5.41, 5.74) is 5.35. The normalized spacial score (nSPS) is 10.5. The molecule has 0 aliphatic carbocycles. The quantitative estimate of drug-likeness (QED) is 0.638. The monoisotopic (exact) mass is 288 g/mol. The van der Waals surface area contributed by atoms with Crippen LogP contribution in [-0.4, -0.2) is 27.9 Å². The fraction of sp³-hybridized carbons (Fsp3) is 0.455. The third-order valence-electron chi connectivity index (χ3n) is 2.49. The Bertz CT molecular complexity index is 491. The predicted octanol–water partition coefficient (Wildman–Crippen LogP) is 1.19. The van der Waals surface area contributed by atoms with Crippen molar-refractivity contribution in [2.24, 2.45) is 5.73 Å². The lowest BCUT2D eigenvalue weighted by Gasteiger charge is -2.24. The minimum atomic E-state index is -0.586. The zero-order chi connectivity index (χ0) is 13.9. The summed E-state index contributed by atoms with van der Waals surface area (Å²) in [5, 5.41) is 13.3. The second-order valence-electron chi connectivity index (χ2n) is 4.63. The molecule has 8 heteroatoms. The molecule has 0 saturated heterocycles. The maximum absolute atomic E-state index is 12.0. The molecule has 1 aromatic heterocycles. The summed E-state index contributed by atoms with van der Waals surface area (Å²) >= 11 is 0. The van der Waals surface area contributed by atoms with Gasteiger partial charge in [-0.25, -0.2) is 0 Å². The molecule has 0 aliphatic rings. The van der Waals surface area contributed by atoms with Crippen LogP contribution < -0.4 is 11.1 Å². The molecule has 0 atom stereocenters. The summed E-state index contributed by atoms with van der Waals surface area (Å²) in [6, 6.07) is 1.21. The fourth-order valence-corrected chi connectivity index (χ4v) is 1.28. The summed E-state index contributed by atoms with van der Waals surface area (Å²) in [6.07, 6.45) is 1.13. The van der Waals surface area contributed by atoms with Crippen LogP contribution in [0.5, 0.6) is 0 Å². The maximum atomic E-state index is 12.0. The van der Waals surface area contributed by atoms with Crippen molar-refractivity contribution in [3.63, 3.8) is 0 Å². The van der Waals surface area contributed by atoms with E-state index in [0.29, 0.717) is 5.69 Å². The second kappa shape index (κ2) is 6.44. The number of nitrogens with one attached hydrogen (secondary N) is 1. The average Bonchev–Trinajstić information content (AvgIpc) is 2.28. The molecular formula is C11H17ClN4O3. The number of amides is 1. The highest BCUT2D eigenvalue weighted by molar-refractivity contribution is 5.96. The van der Waals surface area contributed by atoms with Gasteiger partial charge >= 0.3 is 0 Å². The van der Waals surface area contributed by atoms with E-state index in [1.165, 1.54) is 6.07 Å². The highest BCUT2D eigenvalue weighted by Crippen LogP contribution is 2.15. The van der Waals surface area contributed by atoms with E-state index in [0.717, 1.165) is 6.20 Å². The maximum Gasteiger partial charge on any atom is 0.288 e. The minimum Gasteiger partial charge on any atom is -0.346 e. The molecule has 0 unspecified atom stereocenters. The van der Waals surface area contributed by atoms with Crippen molar-refractivity contribution in [1.29, 1.82) is 0 Å². The number of rotatable bonds is 4. The Morgan fingerprint density at radius 2 is 2.16 bits per heavy atom. The molecule has 0 aromatic carbocycles. The van der Waals surface area contributed by atoms with E-state index in [-0.39, 0.29) is 30.2 Å². The topological polar surface area (TPSA) is 111 Å². The number of pyridine rings is 1. The number of carbonyl (C=O) groups excluding carboxylic acids is 1. The third-order valence-corrected chi connectivity index (χ3v) is 2.49. The third kappa shape index (κ3) is 4.46. The number of hydrogen-bond donors (Lipinski definition) is 2. The van der Waals surface area contributed by atoms with E-state index in [4.69, 9.17) is 5.73 Å². The van der Waals surface area contributed by atoms with Crippen LogP contribution in [-0.2, 0) is 0 Å². The van der Waals surface area contributed by atoms with Crippen LogP contribution >= 0.6 is 12.4 Å². The first-order valence-electron chi connectivity index (χ1n) is 5.40. The highest BCUT2D eigenvalue weighted by Gasteiger charge is 2.22. The van der Waals surface area contributed by atoms with Crippen LogP contribution in [0.15, 0.2) is 12.3 Å². The molecule has 106 valence electrons. The predicted molar refractivity (Wildman–Crippen MR) is 73.5 cm³/mol. The summed E-state index contributed by atoms with van der Waals surface area (Å²) in [4.78, 5) is 25.9. The lowest BCUT2D eigenvalue weighted by atomic mass is 10.0. The van der Waals surface area contributed by atoms with E-state index in [2.05, 4.69) is 10.3 Å². The van der Waals surface area contributed by atoms with Gasteiger partial charge in [-0.3, -0.25) is 19.9 Å². The van der Waals surface area contributed by atoms with Crippen LogP contribution in [0.1, 0.15) is 29.9 Å². The van der Waals surface area contributed by atoms with Crippen molar-refractivity contribution in [2.75, 3.05) is 6.54 Å². The van der Waals surface area contributed by atoms with Gasteiger partial charge in [0.25, 0.3) is 11.6 Å². The number of hydrogen-bond acceptors (Lipinski definition) is 5. The van der Waals surface area contributed by atoms with Crippen molar-refractivity contribution in [3.05, 3.63) is 33.6 Å².